The van der Waals surface area contributed by atoms with Gasteiger partial charge in [0.15, 0.2) is 0 Å². The minimum absolute atomic E-state index is 0.0691. The largest absolute Gasteiger partial charge is 0.349 e. The molecule has 1 atom stereocenters. The molecule has 1 N–H and O–H groups in total. The highest BCUT2D eigenvalue weighted by atomic mass is 79.9. The van der Waals surface area contributed by atoms with E-state index in [1.54, 1.807) is 0 Å². The molecular formula is C18H20BrNO. The fourth-order valence-electron chi connectivity index (χ4n) is 2.33. The maximum absolute atomic E-state index is 12.2. The van der Waals surface area contributed by atoms with Crippen LogP contribution >= 0.6 is 15.9 Å². The van der Waals surface area contributed by atoms with Crippen LogP contribution in [0.2, 0.25) is 0 Å². The molecular weight excluding hydrogens is 326 g/mol. The Morgan fingerprint density at radius 1 is 1.10 bits per heavy atom. The molecule has 110 valence electrons. The van der Waals surface area contributed by atoms with Crippen LogP contribution in [0.5, 0.6) is 0 Å². The molecule has 0 aliphatic rings. The second-order valence-electron chi connectivity index (χ2n) is 5.12. The Bertz CT molecular complexity index is 566. The number of amides is 1. The fraction of sp³-hybridized carbons (Fsp3) is 0.278. The first-order chi connectivity index (χ1) is 10.2. The monoisotopic (exact) mass is 345 g/mol. The van der Waals surface area contributed by atoms with Crippen LogP contribution in [0, 0.1) is 0 Å². The normalized spacial score (nSPS) is 11.9. The molecule has 1 amide bonds. The lowest BCUT2D eigenvalue weighted by Gasteiger charge is -2.18. The molecule has 0 aromatic heterocycles. The smallest absolute Gasteiger partial charge is 0.224 e. The number of hydrogen-bond acceptors (Lipinski definition) is 1. The van der Waals surface area contributed by atoms with Crippen molar-refractivity contribution in [3.8, 4) is 0 Å². The van der Waals surface area contributed by atoms with Crippen molar-refractivity contribution in [3.63, 3.8) is 0 Å². The Labute approximate surface area is 134 Å². The Morgan fingerprint density at radius 2 is 1.76 bits per heavy atom. The summed E-state index contributed by atoms with van der Waals surface area (Å²) in [6.45, 7) is 2.14. The van der Waals surface area contributed by atoms with Gasteiger partial charge in [0.25, 0.3) is 0 Å². The minimum atomic E-state index is 0.0691. The van der Waals surface area contributed by atoms with Gasteiger partial charge in [0.1, 0.15) is 0 Å². The zero-order valence-corrected chi connectivity index (χ0v) is 13.8. The van der Waals surface area contributed by atoms with E-state index < -0.39 is 0 Å². The highest BCUT2D eigenvalue weighted by Gasteiger charge is 2.13. The van der Waals surface area contributed by atoms with Gasteiger partial charge in [-0.15, -0.1) is 0 Å². The van der Waals surface area contributed by atoms with Crippen LogP contribution in [0.1, 0.15) is 36.9 Å². The van der Waals surface area contributed by atoms with Gasteiger partial charge < -0.3 is 5.32 Å². The summed E-state index contributed by atoms with van der Waals surface area (Å²) < 4.78 is 1.03. The van der Waals surface area contributed by atoms with Gasteiger partial charge in [-0.1, -0.05) is 71.7 Å². The van der Waals surface area contributed by atoms with E-state index in [0.29, 0.717) is 6.42 Å². The van der Waals surface area contributed by atoms with Crippen molar-refractivity contribution in [2.75, 3.05) is 0 Å². The van der Waals surface area contributed by atoms with Crippen LogP contribution < -0.4 is 5.32 Å². The molecule has 0 radical (unpaired) electrons. The molecule has 21 heavy (non-hydrogen) atoms. The van der Waals surface area contributed by atoms with E-state index in [-0.39, 0.29) is 11.9 Å². The lowest BCUT2D eigenvalue weighted by molar-refractivity contribution is -0.121. The molecule has 3 heteroatoms. The van der Waals surface area contributed by atoms with Gasteiger partial charge in [-0.25, -0.2) is 0 Å². The second kappa shape index (κ2) is 7.99. The first-order valence-corrected chi connectivity index (χ1v) is 8.07. The fourth-order valence-corrected chi connectivity index (χ4v) is 2.59. The highest BCUT2D eigenvalue weighted by Crippen LogP contribution is 2.18. The Hall–Kier alpha value is -1.61. The summed E-state index contributed by atoms with van der Waals surface area (Å²) in [6, 6.07) is 18.1. The molecule has 0 saturated heterocycles. The topological polar surface area (TPSA) is 29.1 Å². The average molecular weight is 346 g/mol. The Kier molecular flexibility index (Phi) is 6.00. The lowest BCUT2D eigenvalue weighted by atomic mass is 10.0. The highest BCUT2D eigenvalue weighted by molar-refractivity contribution is 9.10. The molecule has 2 nitrogen and oxygen atoms in total. The molecule has 0 aliphatic carbocycles. The van der Waals surface area contributed by atoms with Crippen LogP contribution in [-0.2, 0) is 11.2 Å². The second-order valence-corrected chi connectivity index (χ2v) is 6.04. The summed E-state index contributed by atoms with van der Waals surface area (Å²) in [5, 5.41) is 3.15. The standard InChI is InChI=1S/C18H20BrNO/c1-2-6-17(15-7-4-3-5-8-15)20-18(21)13-14-9-11-16(19)12-10-14/h3-5,7-12,17H,2,6,13H2,1H3,(H,20,21). The van der Waals surface area contributed by atoms with E-state index in [2.05, 4.69) is 40.3 Å². The summed E-state index contributed by atoms with van der Waals surface area (Å²) in [5.74, 6) is 0.0691. The maximum atomic E-state index is 12.2. The van der Waals surface area contributed by atoms with E-state index in [1.807, 2.05) is 42.5 Å². The third kappa shape index (κ3) is 5.01. The van der Waals surface area contributed by atoms with Crippen LogP contribution in [0.15, 0.2) is 59.1 Å². The van der Waals surface area contributed by atoms with Crippen LogP contribution in [0.4, 0.5) is 0 Å². The van der Waals surface area contributed by atoms with Crippen LogP contribution in [0.3, 0.4) is 0 Å². The van der Waals surface area contributed by atoms with E-state index in [0.717, 1.165) is 22.9 Å². The Morgan fingerprint density at radius 3 is 2.38 bits per heavy atom. The van der Waals surface area contributed by atoms with Crippen molar-refractivity contribution in [1.29, 1.82) is 0 Å². The van der Waals surface area contributed by atoms with Crippen LogP contribution in [0.25, 0.3) is 0 Å². The van der Waals surface area contributed by atoms with Gasteiger partial charge in [-0.3, -0.25) is 4.79 Å². The summed E-state index contributed by atoms with van der Waals surface area (Å²) in [6.07, 6.45) is 2.41. The lowest BCUT2D eigenvalue weighted by Crippen LogP contribution is -2.29. The molecule has 0 aliphatic heterocycles. The average Bonchev–Trinajstić information content (AvgIpc) is 2.50. The summed E-state index contributed by atoms with van der Waals surface area (Å²) in [7, 11) is 0. The predicted octanol–water partition coefficient (Wildman–Crippen LogP) is 4.65. The zero-order valence-electron chi connectivity index (χ0n) is 12.2. The van der Waals surface area contributed by atoms with E-state index in [4.69, 9.17) is 0 Å². The number of carbonyl (C=O) groups excluding carboxylic acids is 1. The molecule has 2 rings (SSSR count). The summed E-state index contributed by atoms with van der Waals surface area (Å²) in [5.41, 5.74) is 2.20. The number of nitrogens with one attached hydrogen (secondary N) is 1. The van der Waals surface area contributed by atoms with Gasteiger partial charge in [0.2, 0.25) is 5.91 Å². The maximum Gasteiger partial charge on any atom is 0.224 e. The minimum Gasteiger partial charge on any atom is -0.349 e. The Balaban J connectivity index is 2.00. The molecule has 0 heterocycles. The third-order valence-electron chi connectivity index (χ3n) is 3.39. The van der Waals surface area contributed by atoms with Crippen molar-refractivity contribution in [2.45, 2.75) is 32.2 Å². The van der Waals surface area contributed by atoms with Gasteiger partial charge >= 0.3 is 0 Å². The first-order valence-electron chi connectivity index (χ1n) is 7.27. The van der Waals surface area contributed by atoms with Crippen molar-refractivity contribution >= 4 is 21.8 Å². The number of benzene rings is 2. The number of rotatable bonds is 6. The van der Waals surface area contributed by atoms with Crippen molar-refractivity contribution in [3.05, 3.63) is 70.2 Å². The van der Waals surface area contributed by atoms with Gasteiger partial charge in [-0.2, -0.15) is 0 Å². The number of halogens is 1. The van der Waals surface area contributed by atoms with Crippen molar-refractivity contribution in [2.24, 2.45) is 0 Å². The third-order valence-corrected chi connectivity index (χ3v) is 3.92. The predicted molar refractivity (Wildman–Crippen MR) is 90.1 cm³/mol. The molecule has 2 aromatic carbocycles. The number of hydrogen-bond donors (Lipinski definition) is 1. The summed E-state index contributed by atoms with van der Waals surface area (Å²) in [4.78, 5) is 12.2. The zero-order chi connectivity index (χ0) is 15.1. The number of carbonyl (C=O) groups is 1. The first kappa shape index (κ1) is 15.8. The van der Waals surface area contributed by atoms with Crippen molar-refractivity contribution in [1.82, 2.24) is 5.32 Å². The SMILES string of the molecule is CCCC(NC(=O)Cc1ccc(Br)cc1)c1ccccc1. The van der Waals surface area contributed by atoms with Gasteiger partial charge in [-0.05, 0) is 29.7 Å². The molecule has 2 aromatic rings. The van der Waals surface area contributed by atoms with E-state index >= 15 is 0 Å². The molecule has 0 fully saturated rings. The molecule has 1 unspecified atom stereocenters. The molecule has 0 spiro atoms. The molecule has 0 saturated carbocycles. The van der Waals surface area contributed by atoms with Crippen molar-refractivity contribution < 1.29 is 4.79 Å². The molecule has 0 bridgehead atoms. The van der Waals surface area contributed by atoms with Crippen LogP contribution in [-0.4, -0.2) is 5.91 Å². The van der Waals surface area contributed by atoms with Gasteiger partial charge in [0, 0.05) is 4.47 Å². The van der Waals surface area contributed by atoms with Gasteiger partial charge in [0.05, 0.1) is 12.5 Å². The van der Waals surface area contributed by atoms with E-state index in [1.165, 1.54) is 5.56 Å². The quantitative estimate of drug-likeness (QED) is 0.811. The summed E-state index contributed by atoms with van der Waals surface area (Å²) >= 11 is 3.40. The van der Waals surface area contributed by atoms with E-state index in [9.17, 15) is 4.79 Å².